The van der Waals surface area contributed by atoms with Crippen LogP contribution in [0.25, 0.3) is 11.0 Å². The molecule has 4 heteroatoms. The van der Waals surface area contributed by atoms with Crippen LogP contribution in [0, 0.1) is 0 Å². The Morgan fingerprint density at radius 2 is 2.08 bits per heavy atom. The third-order valence-electron chi connectivity index (χ3n) is 1.70. The summed E-state index contributed by atoms with van der Waals surface area (Å²) < 4.78 is 4.96. The van der Waals surface area contributed by atoms with E-state index < -0.39 is 0 Å². The Kier molecular flexibility index (Phi) is 1.40. The van der Waals surface area contributed by atoms with Crippen LogP contribution in [0.5, 0.6) is 5.88 Å². The molecule has 0 atom stereocenters. The molecule has 0 saturated carbocycles. The number of aromatic amines is 2. The smallest absolute Gasteiger partial charge is 0.248 e. The number of pyridine rings is 1. The number of ether oxygens (including phenoxy) is 1. The molecule has 0 radical (unpaired) electrons. The molecule has 2 aromatic rings. The summed E-state index contributed by atoms with van der Waals surface area (Å²) in [7, 11) is 1.57. The van der Waals surface area contributed by atoms with Gasteiger partial charge >= 0.3 is 0 Å². The van der Waals surface area contributed by atoms with Crippen molar-refractivity contribution in [3.63, 3.8) is 0 Å². The Morgan fingerprint density at radius 3 is 2.83 bits per heavy atom. The molecular weight excluding hydrogens is 156 g/mol. The first-order chi connectivity index (χ1) is 5.79. The minimum Gasteiger partial charge on any atom is -0.482 e. The molecule has 0 spiro atoms. The average molecular weight is 164 g/mol. The predicted octanol–water partition coefficient (Wildman–Crippen LogP) is 0.865. The number of fused-ring (bicyclic) bond motifs is 1. The van der Waals surface area contributed by atoms with Gasteiger partial charge in [0.2, 0.25) is 5.56 Å². The SMILES string of the molecule is COc1cc2[nH]c(=O)ccc2[nH]1. The first kappa shape index (κ1) is 6.97. The van der Waals surface area contributed by atoms with E-state index in [2.05, 4.69) is 9.97 Å². The van der Waals surface area contributed by atoms with Crippen LogP contribution < -0.4 is 10.3 Å². The second-order valence-corrected chi connectivity index (χ2v) is 2.49. The third-order valence-corrected chi connectivity index (χ3v) is 1.70. The van der Waals surface area contributed by atoms with Crippen LogP contribution in [0.2, 0.25) is 0 Å². The Morgan fingerprint density at radius 1 is 1.25 bits per heavy atom. The summed E-state index contributed by atoms with van der Waals surface area (Å²) in [6.45, 7) is 0. The van der Waals surface area contributed by atoms with Crippen LogP contribution in [0.4, 0.5) is 0 Å². The van der Waals surface area contributed by atoms with Gasteiger partial charge in [0.05, 0.1) is 18.1 Å². The van der Waals surface area contributed by atoms with Gasteiger partial charge in [0.25, 0.3) is 0 Å². The normalized spacial score (nSPS) is 10.4. The molecule has 0 aliphatic rings. The van der Waals surface area contributed by atoms with Crippen LogP contribution in [-0.2, 0) is 0 Å². The number of hydrogen-bond acceptors (Lipinski definition) is 2. The monoisotopic (exact) mass is 164 g/mol. The maximum absolute atomic E-state index is 10.9. The van der Waals surface area contributed by atoms with Crippen molar-refractivity contribution in [2.75, 3.05) is 7.11 Å². The zero-order valence-corrected chi connectivity index (χ0v) is 6.55. The molecule has 62 valence electrons. The Hall–Kier alpha value is -1.71. The van der Waals surface area contributed by atoms with E-state index in [1.165, 1.54) is 6.07 Å². The van der Waals surface area contributed by atoms with Crippen molar-refractivity contribution >= 4 is 11.0 Å². The summed E-state index contributed by atoms with van der Waals surface area (Å²) in [5.41, 5.74) is 1.52. The van der Waals surface area contributed by atoms with Crippen molar-refractivity contribution in [1.29, 1.82) is 0 Å². The predicted molar refractivity (Wildman–Crippen MR) is 45.5 cm³/mol. The minimum absolute atomic E-state index is 0.107. The van der Waals surface area contributed by atoms with Gasteiger partial charge in [0.1, 0.15) is 0 Å². The summed E-state index contributed by atoms with van der Waals surface area (Å²) in [5, 5.41) is 0. The maximum atomic E-state index is 10.9. The summed E-state index contributed by atoms with van der Waals surface area (Å²) >= 11 is 0. The average Bonchev–Trinajstić information content (AvgIpc) is 2.46. The highest BCUT2D eigenvalue weighted by molar-refractivity contribution is 5.76. The van der Waals surface area contributed by atoms with Crippen molar-refractivity contribution in [2.45, 2.75) is 0 Å². The van der Waals surface area contributed by atoms with E-state index in [1.807, 2.05) is 0 Å². The molecule has 0 aliphatic heterocycles. The molecular formula is C8H8N2O2. The molecule has 0 unspecified atom stereocenters. The van der Waals surface area contributed by atoms with Crippen molar-refractivity contribution in [2.24, 2.45) is 0 Å². The van der Waals surface area contributed by atoms with Crippen LogP contribution in [0.1, 0.15) is 0 Å². The fraction of sp³-hybridized carbons (Fsp3) is 0.125. The van der Waals surface area contributed by atoms with Crippen molar-refractivity contribution in [3.8, 4) is 5.88 Å². The van der Waals surface area contributed by atoms with Crippen molar-refractivity contribution < 1.29 is 4.74 Å². The second kappa shape index (κ2) is 2.41. The van der Waals surface area contributed by atoms with E-state index in [0.717, 1.165) is 11.0 Å². The number of aromatic nitrogens is 2. The number of rotatable bonds is 1. The molecule has 2 N–H and O–H groups in total. The van der Waals surface area contributed by atoms with Gasteiger partial charge in [-0.25, -0.2) is 0 Å². The third kappa shape index (κ3) is 0.972. The molecule has 0 aromatic carbocycles. The summed E-state index contributed by atoms with van der Waals surface area (Å²) in [6, 6.07) is 4.94. The maximum Gasteiger partial charge on any atom is 0.248 e. The van der Waals surface area contributed by atoms with Gasteiger partial charge in [-0.2, -0.15) is 0 Å². The molecule has 0 bridgehead atoms. The molecule has 12 heavy (non-hydrogen) atoms. The van der Waals surface area contributed by atoms with E-state index in [4.69, 9.17) is 4.74 Å². The number of nitrogens with one attached hydrogen (secondary N) is 2. The Balaban J connectivity index is 2.75. The molecule has 0 fully saturated rings. The number of methoxy groups -OCH3 is 1. The van der Waals surface area contributed by atoms with Gasteiger partial charge < -0.3 is 14.7 Å². The molecule has 0 amide bonds. The second-order valence-electron chi connectivity index (χ2n) is 2.49. The lowest BCUT2D eigenvalue weighted by Gasteiger charge is -1.88. The highest BCUT2D eigenvalue weighted by Gasteiger charge is 1.99. The lowest BCUT2D eigenvalue weighted by molar-refractivity contribution is 0.401. The fourth-order valence-electron chi connectivity index (χ4n) is 1.12. The van der Waals surface area contributed by atoms with Gasteiger partial charge in [0.15, 0.2) is 5.88 Å². The van der Waals surface area contributed by atoms with E-state index in [9.17, 15) is 4.79 Å². The first-order valence-electron chi connectivity index (χ1n) is 3.55. The number of hydrogen-bond donors (Lipinski definition) is 2. The van der Waals surface area contributed by atoms with Crippen LogP contribution in [-0.4, -0.2) is 17.1 Å². The fourth-order valence-corrected chi connectivity index (χ4v) is 1.12. The van der Waals surface area contributed by atoms with E-state index in [-0.39, 0.29) is 5.56 Å². The van der Waals surface area contributed by atoms with Gasteiger partial charge in [-0.15, -0.1) is 0 Å². The first-order valence-corrected chi connectivity index (χ1v) is 3.55. The molecule has 2 aromatic heterocycles. The molecule has 0 saturated heterocycles. The summed E-state index contributed by atoms with van der Waals surface area (Å²) in [4.78, 5) is 16.5. The molecule has 4 nitrogen and oxygen atoms in total. The van der Waals surface area contributed by atoms with Crippen molar-refractivity contribution in [3.05, 3.63) is 28.6 Å². The van der Waals surface area contributed by atoms with Crippen LogP contribution >= 0.6 is 0 Å². The van der Waals surface area contributed by atoms with E-state index >= 15 is 0 Å². The summed E-state index contributed by atoms with van der Waals surface area (Å²) in [5.74, 6) is 0.645. The topological polar surface area (TPSA) is 57.9 Å². The van der Waals surface area contributed by atoms with Crippen LogP contribution in [0.3, 0.4) is 0 Å². The Bertz CT molecular complexity index is 455. The minimum atomic E-state index is -0.107. The van der Waals surface area contributed by atoms with Gasteiger partial charge in [0, 0.05) is 12.1 Å². The quantitative estimate of drug-likeness (QED) is 0.656. The van der Waals surface area contributed by atoms with Crippen molar-refractivity contribution in [1.82, 2.24) is 9.97 Å². The largest absolute Gasteiger partial charge is 0.482 e. The van der Waals surface area contributed by atoms with Crippen LogP contribution in [0.15, 0.2) is 23.0 Å². The standard InChI is InChI=1S/C8H8N2O2/c1-12-8-4-6-5(10-8)2-3-7(11)9-6/h2-4,10H,1H3,(H,9,11). The summed E-state index contributed by atoms with van der Waals surface area (Å²) in [6.07, 6.45) is 0. The molecule has 2 rings (SSSR count). The zero-order chi connectivity index (χ0) is 8.55. The van der Waals surface area contributed by atoms with Gasteiger partial charge in [-0.3, -0.25) is 4.79 Å². The Labute approximate surface area is 68.2 Å². The molecule has 0 aliphatic carbocycles. The lowest BCUT2D eigenvalue weighted by Crippen LogP contribution is -2.00. The zero-order valence-electron chi connectivity index (χ0n) is 6.55. The van der Waals surface area contributed by atoms with E-state index in [1.54, 1.807) is 19.2 Å². The highest BCUT2D eigenvalue weighted by atomic mass is 16.5. The number of H-pyrrole nitrogens is 2. The van der Waals surface area contributed by atoms with Gasteiger partial charge in [-0.05, 0) is 6.07 Å². The van der Waals surface area contributed by atoms with Gasteiger partial charge in [-0.1, -0.05) is 0 Å². The highest BCUT2D eigenvalue weighted by Crippen LogP contribution is 2.15. The van der Waals surface area contributed by atoms with E-state index in [0.29, 0.717) is 5.88 Å². The molecule has 2 heterocycles. The lowest BCUT2D eigenvalue weighted by atomic mass is 10.4.